The molecule has 0 saturated heterocycles. The molecule has 7 heteroatoms. The van der Waals surface area contributed by atoms with Crippen LogP contribution >= 0.6 is 0 Å². The molecule has 3 rings (SSSR count). The van der Waals surface area contributed by atoms with Crippen LogP contribution in [0.4, 0.5) is 0 Å². The van der Waals surface area contributed by atoms with E-state index >= 15 is 0 Å². The molecule has 0 aliphatic heterocycles. The monoisotopic (exact) mass is 372 g/mol. The number of fused-ring (bicyclic) bond motifs is 1. The minimum absolute atomic E-state index is 0.0278. The molecule has 3 N–H and O–H groups in total. The molecule has 0 amide bonds. The van der Waals surface area contributed by atoms with Crippen molar-refractivity contribution >= 4 is 21.0 Å². The molecule has 3 aromatic rings. The standard InChI is InChI=1S/C19H20N2O4S/c1-13-2-7-18-17(10-13)19(22)15(12-25-18)11-21-9-8-14-3-5-16(6-4-14)26(20,23)24/h2-7,10,12,21H,8-9,11H2,1H3,(H2,20,23,24). The van der Waals surface area contributed by atoms with Crippen LogP contribution in [0.1, 0.15) is 16.7 Å². The number of hydrogen-bond donors (Lipinski definition) is 2. The summed E-state index contributed by atoms with van der Waals surface area (Å²) < 4.78 is 28.0. The second-order valence-corrected chi connectivity index (χ2v) is 7.77. The second kappa shape index (κ2) is 7.41. The topological polar surface area (TPSA) is 102 Å². The average Bonchev–Trinajstić information content (AvgIpc) is 2.60. The molecule has 0 fully saturated rings. The van der Waals surface area contributed by atoms with Crippen molar-refractivity contribution in [2.75, 3.05) is 6.54 Å². The van der Waals surface area contributed by atoms with Gasteiger partial charge in [-0.3, -0.25) is 4.79 Å². The molecule has 1 aromatic heterocycles. The number of primary sulfonamides is 1. The minimum Gasteiger partial charge on any atom is -0.464 e. The fourth-order valence-electron chi connectivity index (χ4n) is 2.71. The van der Waals surface area contributed by atoms with Crippen LogP contribution in [0.2, 0.25) is 0 Å². The Labute approximate surface area is 151 Å². The quantitative estimate of drug-likeness (QED) is 0.645. The Balaban J connectivity index is 1.61. The molecular formula is C19H20N2O4S. The third-order valence-corrected chi connectivity index (χ3v) is 5.09. The van der Waals surface area contributed by atoms with Crippen LogP contribution in [0.25, 0.3) is 11.0 Å². The van der Waals surface area contributed by atoms with Gasteiger partial charge in [0, 0.05) is 12.1 Å². The summed E-state index contributed by atoms with van der Waals surface area (Å²) in [5.74, 6) is 0. The first-order valence-corrected chi connectivity index (χ1v) is 9.73. The van der Waals surface area contributed by atoms with Gasteiger partial charge in [0.2, 0.25) is 10.0 Å². The summed E-state index contributed by atoms with van der Waals surface area (Å²) in [5, 5.41) is 8.88. The molecule has 0 spiro atoms. The smallest absolute Gasteiger partial charge is 0.238 e. The van der Waals surface area contributed by atoms with Gasteiger partial charge in [-0.25, -0.2) is 13.6 Å². The fraction of sp³-hybridized carbons (Fsp3) is 0.211. The van der Waals surface area contributed by atoms with Crippen LogP contribution in [0.15, 0.2) is 62.8 Å². The van der Waals surface area contributed by atoms with E-state index in [2.05, 4.69) is 5.32 Å². The number of nitrogens with two attached hydrogens (primary N) is 1. The van der Waals surface area contributed by atoms with Crippen molar-refractivity contribution in [1.82, 2.24) is 5.32 Å². The molecule has 0 atom stereocenters. The Hall–Kier alpha value is -2.48. The molecule has 26 heavy (non-hydrogen) atoms. The summed E-state index contributed by atoms with van der Waals surface area (Å²) in [7, 11) is -3.67. The number of rotatable bonds is 6. The van der Waals surface area contributed by atoms with Crippen molar-refractivity contribution in [3.8, 4) is 0 Å². The van der Waals surface area contributed by atoms with Gasteiger partial charge in [-0.15, -0.1) is 0 Å². The van der Waals surface area contributed by atoms with Gasteiger partial charge < -0.3 is 9.73 Å². The van der Waals surface area contributed by atoms with Crippen LogP contribution in [0.3, 0.4) is 0 Å². The molecule has 1 heterocycles. The van der Waals surface area contributed by atoms with Crippen molar-refractivity contribution < 1.29 is 12.8 Å². The van der Waals surface area contributed by atoms with Gasteiger partial charge >= 0.3 is 0 Å². The van der Waals surface area contributed by atoms with E-state index in [1.54, 1.807) is 18.2 Å². The predicted octanol–water partition coefficient (Wildman–Crippen LogP) is 2.08. The van der Waals surface area contributed by atoms with Gasteiger partial charge in [-0.05, 0) is 49.7 Å². The molecule has 0 radical (unpaired) electrons. The van der Waals surface area contributed by atoms with Crippen molar-refractivity contribution in [1.29, 1.82) is 0 Å². The van der Waals surface area contributed by atoms with Gasteiger partial charge in [0.1, 0.15) is 5.58 Å². The maximum Gasteiger partial charge on any atom is 0.238 e. The van der Waals surface area contributed by atoms with E-state index in [0.717, 1.165) is 11.1 Å². The Bertz CT molecular complexity index is 1090. The lowest BCUT2D eigenvalue weighted by molar-refractivity contribution is 0.580. The second-order valence-electron chi connectivity index (χ2n) is 6.21. The molecular weight excluding hydrogens is 352 g/mol. The lowest BCUT2D eigenvalue weighted by Crippen LogP contribution is -2.21. The van der Waals surface area contributed by atoms with Crippen molar-refractivity contribution in [2.45, 2.75) is 24.8 Å². The third-order valence-electron chi connectivity index (χ3n) is 4.16. The minimum atomic E-state index is -3.67. The number of hydrogen-bond acceptors (Lipinski definition) is 5. The van der Waals surface area contributed by atoms with Crippen LogP contribution in [-0.2, 0) is 23.0 Å². The van der Waals surface area contributed by atoms with E-state index in [-0.39, 0.29) is 10.3 Å². The molecule has 0 aliphatic carbocycles. The van der Waals surface area contributed by atoms with E-state index in [1.165, 1.54) is 18.4 Å². The summed E-state index contributed by atoms with van der Waals surface area (Å²) in [5.41, 5.74) is 3.12. The average molecular weight is 372 g/mol. The maximum atomic E-state index is 12.5. The van der Waals surface area contributed by atoms with Gasteiger partial charge in [0.15, 0.2) is 5.43 Å². The number of sulfonamides is 1. The highest BCUT2D eigenvalue weighted by Gasteiger charge is 2.08. The lowest BCUT2D eigenvalue weighted by Gasteiger charge is -2.06. The van der Waals surface area contributed by atoms with Crippen LogP contribution in [0.5, 0.6) is 0 Å². The third kappa shape index (κ3) is 4.19. The Morgan fingerprint density at radius 3 is 2.54 bits per heavy atom. The normalized spacial score (nSPS) is 11.8. The molecule has 0 saturated carbocycles. The first-order valence-electron chi connectivity index (χ1n) is 8.18. The van der Waals surface area contributed by atoms with Crippen molar-refractivity contribution in [2.24, 2.45) is 5.14 Å². The zero-order valence-electron chi connectivity index (χ0n) is 14.4. The molecule has 0 bridgehead atoms. The molecule has 0 unspecified atom stereocenters. The first kappa shape index (κ1) is 18.3. The Morgan fingerprint density at radius 2 is 1.85 bits per heavy atom. The summed E-state index contributed by atoms with van der Waals surface area (Å²) in [6.07, 6.45) is 2.19. The van der Waals surface area contributed by atoms with E-state index in [9.17, 15) is 13.2 Å². The van der Waals surface area contributed by atoms with Crippen LogP contribution in [-0.4, -0.2) is 15.0 Å². The predicted molar refractivity (Wildman–Crippen MR) is 100 cm³/mol. The number of nitrogens with one attached hydrogen (secondary N) is 1. The maximum absolute atomic E-state index is 12.5. The summed E-state index contributed by atoms with van der Waals surface area (Å²) in [6.45, 7) is 2.98. The Kier molecular flexibility index (Phi) is 5.22. The van der Waals surface area contributed by atoms with Gasteiger partial charge in [-0.2, -0.15) is 0 Å². The van der Waals surface area contributed by atoms with Gasteiger partial charge in [0.05, 0.1) is 16.5 Å². The highest BCUT2D eigenvalue weighted by atomic mass is 32.2. The van der Waals surface area contributed by atoms with E-state index in [0.29, 0.717) is 36.0 Å². The first-order chi connectivity index (χ1) is 12.3. The zero-order valence-corrected chi connectivity index (χ0v) is 15.2. The van der Waals surface area contributed by atoms with E-state index < -0.39 is 10.0 Å². The summed E-state index contributed by atoms with van der Waals surface area (Å²) in [4.78, 5) is 12.6. The zero-order chi connectivity index (χ0) is 18.7. The lowest BCUT2D eigenvalue weighted by atomic mass is 10.1. The largest absolute Gasteiger partial charge is 0.464 e. The SMILES string of the molecule is Cc1ccc2occ(CNCCc3ccc(S(N)(=O)=O)cc3)c(=O)c2c1. The van der Waals surface area contributed by atoms with Crippen LogP contribution in [0, 0.1) is 6.92 Å². The number of benzene rings is 2. The van der Waals surface area contributed by atoms with Crippen molar-refractivity contribution in [3.05, 3.63) is 75.6 Å². The highest BCUT2D eigenvalue weighted by Crippen LogP contribution is 2.13. The van der Waals surface area contributed by atoms with Gasteiger partial charge in [-0.1, -0.05) is 23.8 Å². The number of aryl methyl sites for hydroxylation is 1. The molecule has 136 valence electrons. The van der Waals surface area contributed by atoms with E-state index in [4.69, 9.17) is 9.56 Å². The van der Waals surface area contributed by atoms with Gasteiger partial charge in [0.25, 0.3) is 0 Å². The Morgan fingerprint density at radius 1 is 1.12 bits per heavy atom. The molecule has 0 aliphatic rings. The molecule has 6 nitrogen and oxygen atoms in total. The van der Waals surface area contributed by atoms with Crippen LogP contribution < -0.4 is 15.9 Å². The van der Waals surface area contributed by atoms with E-state index in [1.807, 2.05) is 19.1 Å². The van der Waals surface area contributed by atoms with Crippen molar-refractivity contribution in [3.63, 3.8) is 0 Å². The highest BCUT2D eigenvalue weighted by molar-refractivity contribution is 7.89. The fourth-order valence-corrected chi connectivity index (χ4v) is 3.22. The summed E-state index contributed by atoms with van der Waals surface area (Å²) in [6, 6.07) is 12.0. The molecule has 2 aromatic carbocycles. The summed E-state index contributed by atoms with van der Waals surface area (Å²) >= 11 is 0.